The number of benzene rings is 8. The Morgan fingerprint density at radius 2 is 0.902 bits per heavy atom. The average molecular weight is 685 g/mol. The van der Waals surface area contributed by atoms with Gasteiger partial charge in [-0.3, -0.25) is 4.98 Å². The van der Waals surface area contributed by atoms with Gasteiger partial charge in [0.05, 0.1) is 5.52 Å². The first-order chi connectivity index (χ1) is 25.2. The molecule has 11 rings (SSSR count). The van der Waals surface area contributed by atoms with Crippen molar-refractivity contribution in [2.24, 2.45) is 0 Å². The molecule has 8 aromatic carbocycles. The molecule has 3 aromatic heterocycles. The molecule has 4 heteroatoms. The number of thiophene rings is 2. The molecule has 3 heterocycles. The highest BCUT2D eigenvalue weighted by atomic mass is 32.1. The second kappa shape index (κ2) is 11.2. The zero-order valence-electron chi connectivity index (χ0n) is 27.4. The average Bonchev–Trinajstić information content (AvgIpc) is 3.73. The van der Waals surface area contributed by atoms with Crippen LogP contribution in [-0.4, -0.2) is 4.98 Å². The lowest BCUT2D eigenvalue weighted by atomic mass is 10.0. The summed E-state index contributed by atoms with van der Waals surface area (Å²) in [5.41, 5.74) is 6.72. The van der Waals surface area contributed by atoms with Crippen LogP contribution in [0.1, 0.15) is 0 Å². The first-order valence-electron chi connectivity index (χ1n) is 17.2. The minimum atomic E-state index is 1.01. The molecule has 11 aromatic rings. The van der Waals surface area contributed by atoms with Gasteiger partial charge in [-0.25, -0.2) is 0 Å². The molecule has 0 spiro atoms. The van der Waals surface area contributed by atoms with E-state index in [-0.39, 0.29) is 0 Å². The molecule has 238 valence electrons. The molecular weight excluding hydrogens is 657 g/mol. The van der Waals surface area contributed by atoms with Gasteiger partial charge in [0, 0.05) is 69.0 Å². The molecule has 0 saturated carbocycles. The van der Waals surface area contributed by atoms with Crippen molar-refractivity contribution in [3.63, 3.8) is 0 Å². The maximum atomic E-state index is 4.60. The molecule has 0 aliphatic heterocycles. The number of fused-ring (bicyclic) bond motifs is 9. The van der Waals surface area contributed by atoms with Crippen molar-refractivity contribution >= 4 is 113 Å². The normalized spacial score (nSPS) is 11.9. The Kier molecular flexibility index (Phi) is 6.32. The fraction of sp³-hybridized carbons (Fsp3) is 0. The van der Waals surface area contributed by atoms with E-state index in [1.807, 2.05) is 34.9 Å². The van der Waals surface area contributed by atoms with Crippen LogP contribution >= 0.6 is 22.7 Å². The number of anilines is 3. The lowest BCUT2D eigenvalue weighted by Crippen LogP contribution is -2.09. The van der Waals surface area contributed by atoms with Crippen LogP contribution in [0, 0.1) is 0 Å². The van der Waals surface area contributed by atoms with E-state index in [0.717, 1.165) is 33.5 Å². The van der Waals surface area contributed by atoms with Crippen LogP contribution < -0.4 is 4.90 Å². The summed E-state index contributed by atoms with van der Waals surface area (Å²) in [6.45, 7) is 0. The summed E-state index contributed by atoms with van der Waals surface area (Å²) < 4.78 is 5.30. The highest BCUT2D eigenvalue weighted by molar-refractivity contribution is 7.26. The third-order valence-electron chi connectivity index (χ3n) is 10.2. The molecular formula is C47H28N2S2. The maximum Gasteiger partial charge on any atom is 0.0708 e. The predicted molar refractivity (Wildman–Crippen MR) is 223 cm³/mol. The molecule has 0 N–H and O–H groups in total. The van der Waals surface area contributed by atoms with Crippen molar-refractivity contribution in [1.82, 2.24) is 4.98 Å². The minimum Gasteiger partial charge on any atom is -0.310 e. The van der Waals surface area contributed by atoms with E-state index in [4.69, 9.17) is 0 Å². The van der Waals surface area contributed by atoms with Crippen LogP contribution in [0.4, 0.5) is 17.1 Å². The standard InChI is InChI=1S/C47H28N2S2/c1-3-9-44-39(7-1)41-24-31-15-19-37(22-34(31)27-46(41)50-44)49(36-17-13-29(14-18-36)33-12-11-30-6-5-21-48-43(30)26-33)38-20-16-32-25-42-40-8-2-4-10-45(40)51-47(42)28-35(32)23-38/h1-28H. The Hall–Kier alpha value is -6.07. The van der Waals surface area contributed by atoms with Crippen molar-refractivity contribution in [2.75, 3.05) is 4.90 Å². The monoisotopic (exact) mass is 684 g/mol. The molecule has 51 heavy (non-hydrogen) atoms. The second-order valence-electron chi connectivity index (χ2n) is 13.2. The van der Waals surface area contributed by atoms with E-state index in [2.05, 4.69) is 168 Å². The molecule has 0 amide bonds. The van der Waals surface area contributed by atoms with Crippen LogP contribution in [0.15, 0.2) is 170 Å². The van der Waals surface area contributed by atoms with Crippen LogP contribution in [0.3, 0.4) is 0 Å². The number of hydrogen-bond acceptors (Lipinski definition) is 4. The van der Waals surface area contributed by atoms with Gasteiger partial charge in [-0.1, -0.05) is 78.9 Å². The summed E-state index contributed by atoms with van der Waals surface area (Å²) in [6.07, 6.45) is 1.86. The van der Waals surface area contributed by atoms with Gasteiger partial charge in [-0.2, -0.15) is 0 Å². The Morgan fingerprint density at radius 3 is 1.53 bits per heavy atom. The number of pyridine rings is 1. The zero-order valence-corrected chi connectivity index (χ0v) is 29.0. The quantitative estimate of drug-likeness (QED) is 0.183. The number of rotatable bonds is 4. The first kappa shape index (κ1) is 28.7. The molecule has 0 atom stereocenters. The lowest BCUT2D eigenvalue weighted by Gasteiger charge is -2.26. The summed E-state index contributed by atoms with van der Waals surface area (Å²) in [5, 5.41) is 11.4. The van der Waals surface area contributed by atoms with Crippen molar-refractivity contribution in [2.45, 2.75) is 0 Å². The van der Waals surface area contributed by atoms with Crippen LogP contribution in [0.2, 0.25) is 0 Å². The van der Waals surface area contributed by atoms with E-state index in [9.17, 15) is 0 Å². The van der Waals surface area contributed by atoms with Crippen LogP contribution in [-0.2, 0) is 0 Å². The number of hydrogen-bond donors (Lipinski definition) is 0. The molecule has 0 bridgehead atoms. The summed E-state index contributed by atoms with van der Waals surface area (Å²) in [6, 6.07) is 60.3. The topological polar surface area (TPSA) is 16.1 Å². The van der Waals surface area contributed by atoms with Gasteiger partial charge in [-0.15, -0.1) is 22.7 Å². The third kappa shape index (κ3) is 4.72. The van der Waals surface area contributed by atoms with Crippen LogP contribution in [0.5, 0.6) is 0 Å². The van der Waals surface area contributed by atoms with E-state index in [0.29, 0.717) is 0 Å². The highest BCUT2D eigenvalue weighted by Gasteiger charge is 2.16. The third-order valence-corrected chi connectivity index (χ3v) is 12.5. The fourth-order valence-electron chi connectivity index (χ4n) is 7.69. The SMILES string of the molecule is c1cnc2cc(-c3ccc(N(c4ccc5cc6c(cc5c4)sc4ccccc46)c4ccc5cc6c(cc5c4)sc4ccccc46)cc3)ccc2c1. The smallest absolute Gasteiger partial charge is 0.0708 e. The van der Waals surface area contributed by atoms with Gasteiger partial charge in [0.15, 0.2) is 0 Å². The number of aromatic nitrogens is 1. The fourth-order valence-corrected chi connectivity index (χ4v) is 9.96. The Morgan fingerprint density at radius 1 is 0.353 bits per heavy atom. The van der Waals surface area contributed by atoms with E-state index in [1.165, 1.54) is 67.5 Å². The Bertz CT molecular complexity index is 3000. The van der Waals surface area contributed by atoms with Gasteiger partial charge in [0.2, 0.25) is 0 Å². The summed E-state index contributed by atoms with van der Waals surface area (Å²) in [5.74, 6) is 0. The molecule has 0 aliphatic rings. The zero-order chi connectivity index (χ0) is 33.5. The van der Waals surface area contributed by atoms with Crippen molar-refractivity contribution < 1.29 is 0 Å². The summed E-state index contributed by atoms with van der Waals surface area (Å²) in [7, 11) is 0. The minimum absolute atomic E-state index is 1.01. The molecule has 2 nitrogen and oxygen atoms in total. The first-order valence-corrected chi connectivity index (χ1v) is 18.8. The number of nitrogens with zero attached hydrogens (tertiary/aromatic N) is 2. The van der Waals surface area contributed by atoms with E-state index in [1.54, 1.807) is 0 Å². The van der Waals surface area contributed by atoms with Gasteiger partial charge in [0.25, 0.3) is 0 Å². The molecule has 0 fully saturated rings. The Balaban J connectivity index is 1.07. The summed E-state index contributed by atoms with van der Waals surface area (Å²) in [4.78, 5) is 7.00. The van der Waals surface area contributed by atoms with Gasteiger partial charge < -0.3 is 4.90 Å². The van der Waals surface area contributed by atoms with Crippen LogP contribution in [0.25, 0.3) is 83.9 Å². The summed E-state index contributed by atoms with van der Waals surface area (Å²) >= 11 is 3.74. The predicted octanol–water partition coefficient (Wildman–Crippen LogP) is 14.4. The van der Waals surface area contributed by atoms with E-state index < -0.39 is 0 Å². The second-order valence-corrected chi connectivity index (χ2v) is 15.4. The maximum absolute atomic E-state index is 4.60. The van der Waals surface area contributed by atoms with Crippen molar-refractivity contribution in [3.05, 3.63) is 170 Å². The van der Waals surface area contributed by atoms with Gasteiger partial charge in [-0.05, 0) is 118 Å². The molecule has 0 saturated heterocycles. The van der Waals surface area contributed by atoms with Gasteiger partial charge in [0.1, 0.15) is 0 Å². The Labute approximate surface area is 302 Å². The lowest BCUT2D eigenvalue weighted by molar-refractivity contribution is 1.29. The highest BCUT2D eigenvalue weighted by Crippen LogP contribution is 2.42. The van der Waals surface area contributed by atoms with Crippen molar-refractivity contribution in [1.29, 1.82) is 0 Å². The van der Waals surface area contributed by atoms with Gasteiger partial charge >= 0.3 is 0 Å². The molecule has 0 unspecified atom stereocenters. The largest absolute Gasteiger partial charge is 0.310 e. The molecule has 0 aliphatic carbocycles. The van der Waals surface area contributed by atoms with Crippen molar-refractivity contribution in [3.8, 4) is 11.1 Å². The van der Waals surface area contributed by atoms with E-state index >= 15 is 0 Å². The molecule has 0 radical (unpaired) electrons.